The van der Waals surface area contributed by atoms with Crippen LogP contribution in [0.4, 0.5) is 0 Å². The van der Waals surface area contributed by atoms with Crippen LogP contribution < -0.4 is 0 Å². The second kappa shape index (κ2) is 21.3. The van der Waals surface area contributed by atoms with E-state index in [1.807, 2.05) is 13.8 Å². The van der Waals surface area contributed by atoms with E-state index in [0.717, 1.165) is 19.3 Å². The summed E-state index contributed by atoms with van der Waals surface area (Å²) in [7, 11) is 0. The predicted octanol–water partition coefficient (Wildman–Crippen LogP) is -2.54. The number of fused-ring (bicyclic) bond motifs is 7. The van der Waals surface area contributed by atoms with Crippen molar-refractivity contribution in [3.8, 4) is 0 Å². The number of aliphatic hydroxyl groups excluding tert-OH is 12. The molecule has 0 amide bonds. The molecule has 0 aromatic carbocycles. The number of aliphatic hydroxyl groups is 13. The molecule has 0 aromatic rings. The Hall–Kier alpha value is -1.96. The van der Waals surface area contributed by atoms with Crippen molar-refractivity contribution in [3.63, 3.8) is 0 Å². The zero-order valence-electron chi connectivity index (χ0n) is 44.8. The van der Waals surface area contributed by atoms with Crippen LogP contribution in [0.2, 0.25) is 0 Å². The number of carbonyl (C=O) groups excluding carboxylic acids is 1. The molecule has 440 valence electrons. The van der Waals surface area contributed by atoms with Gasteiger partial charge in [-0.25, -0.2) is 4.79 Å². The predicted molar refractivity (Wildman–Crippen MR) is 259 cm³/mol. The van der Waals surface area contributed by atoms with Crippen molar-refractivity contribution in [2.45, 2.75) is 241 Å². The summed E-state index contributed by atoms with van der Waals surface area (Å²) in [6.07, 6.45) is -32.2. The van der Waals surface area contributed by atoms with Crippen LogP contribution in [0, 0.1) is 44.8 Å². The van der Waals surface area contributed by atoms with Crippen molar-refractivity contribution in [1.82, 2.24) is 0 Å². The molecule has 9 aliphatic rings. The fourth-order valence-corrected chi connectivity index (χ4v) is 16.0. The lowest BCUT2D eigenvalue weighted by molar-refractivity contribution is -0.407. The van der Waals surface area contributed by atoms with Crippen molar-refractivity contribution < 1.29 is 119 Å². The summed E-state index contributed by atoms with van der Waals surface area (Å²) in [6, 6.07) is 0. The summed E-state index contributed by atoms with van der Waals surface area (Å²) in [5.41, 5.74) is -2.24. The first-order valence-corrected chi connectivity index (χ1v) is 27.3. The molecule has 8 fully saturated rings. The molecule has 0 bridgehead atoms. The minimum atomic E-state index is -2.28. The Balaban J connectivity index is 1.05. The Kier molecular flexibility index (Phi) is 16.5. The third-order valence-corrected chi connectivity index (χ3v) is 20.8. The Morgan fingerprint density at radius 3 is 1.66 bits per heavy atom. The molecule has 9 rings (SSSR count). The molecule has 14 N–H and O–H groups in total. The molecule has 4 saturated heterocycles. The van der Waals surface area contributed by atoms with Gasteiger partial charge in [-0.05, 0) is 84.9 Å². The van der Waals surface area contributed by atoms with Gasteiger partial charge in [0.05, 0.1) is 25.9 Å². The number of ether oxygens (including phenoxy) is 8. The number of carboxylic acids is 1. The molecule has 0 spiro atoms. The summed E-state index contributed by atoms with van der Waals surface area (Å²) in [5.74, 6) is -2.07. The van der Waals surface area contributed by atoms with E-state index in [9.17, 15) is 81.1 Å². The summed E-state index contributed by atoms with van der Waals surface area (Å²) >= 11 is 0. The molecule has 4 saturated carbocycles. The second-order valence-corrected chi connectivity index (χ2v) is 25.9. The Morgan fingerprint density at radius 2 is 1.10 bits per heavy atom. The van der Waals surface area contributed by atoms with Crippen molar-refractivity contribution >= 4 is 11.8 Å². The highest BCUT2D eigenvalue weighted by molar-refractivity contribution is 5.91. The Bertz CT molecular complexity index is 2180. The smallest absolute Gasteiger partial charge is 0.335 e. The third kappa shape index (κ3) is 9.70. The van der Waals surface area contributed by atoms with Crippen LogP contribution in [0.15, 0.2) is 11.6 Å². The highest BCUT2D eigenvalue weighted by Gasteiger charge is 2.71. The first-order valence-electron chi connectivity index (χ1n) is 27.3. The van der Waals surface area contributed by atoms with Gasteiger partial charge in [-0.15, -0.1) is 0 Å². The zero-order chi connectivity index (χ0) is 56.4. The molecular formula is C53H84O24. The second-order valence-electron chi connectivity index (χ2n) is 25.9. The minimum Gasteiger partial charge on any atom is -0.479 e. The SMILES string of the molecule is CC1(C)CC[C@]2(O)C(=O)C[C@]3(C)C(=CC[C@@H]4[C@@]5(C)CC[C@H](O[C@@H]6O[C@H](C(=O)O)[C@@H](O)[C@H](O[C@@H]7O[C@H](CO)[C@H](O)[C@H](O)[C@H]7O[C@@H]7O[C@H](CO)[C@@H](O)[C@H](O)[C@H]7O)[C@H]6O[C@H]6O[C@@H](CO)[C@@H](O)[C@@H](O)[C@@H]6O)C(C)(C)C5CC[C@]43C)[C@@H]2C1. The van der Waals surface area contributed by atoms with E-state index in [-0.39, 0.29) is 46.2 Å². The minimum absolute atomic E-state index is 0.0530. The molecule has 24 heteroatoms. The zero-order valence-corrected chi connectivity index (χ0v) is 44.8. The van der Waals surface area contributed by atoms with Crippen molar-refractivity contribution in [2.24, 2.45) is 44.8 Å². The summed E-state index contributed by atoms with van der Waals surface area (Å²) < 4.78 is 48.7. The summed E-state index contributed by atoms with van der Waals surface area (Å²) in [6.45, 7) is 12.6. The molecule has 0 aromatic heterocycles. The van der Waals surface area contributed by atoms with Gasteiger partial charge in [-0.2, -0.15) is 0 Å². The molecule has 77 heavy (non-hydrogen) atoms. The van der Waals surface area contributed by atoms with Gasteiger partial charge in [0.25, 0.3) is 0 Å². The number of ketones is 1. The van der Waals surface area contributed by atoms with Crippen molar-refractivity contribution in [3.05, 3.63) is 11.6 Å². The van der Waals surface area contributed by atoms with Gasteiger partial charge in [0, 0.05) is 17.8 Å². The maximum absolute atomic E-state index is 14.3. The first kappa shape index (κ1) is 59.7. The van der Waals surface area contributed by atoms with Crippen LogP contribution >= 0.6 is 0 Å². The van der Waals surface area contributed by atoms with Gasteiger partial charge in [0.1, 0.15) is 97.2 Å². The van der Waals surface area contributed by atoms with E-state index in [0.29, 0.717) is 32.1 Å². The lowest BCUT2D eigenvalue weighted by Gasteiger charge is -2.71. The van der Waals surface area contributed by atoms with Gasteiger partial charge >= 0.3 is 5.97 Å². The first-order chi connectivity index (χ1) is 35.9. The third-order valence-electron chi connectivity index (χ3n) is 20.8. The van der Waals surface area contributed by atoms with Crippen LogP contribution in [-0.4, -0.2) is 238 Å². The van der Waals surface area contributed by atoms with E-state index in [2.05, 4.69) is 40.7 Å². The maximum atomic E-state index is 14.3. The summed E-state index contributed by atoms with van der Waals surface area (Å²) in [4.78, 5) is 27.4. The average molecular weight is 1110 g/mol. The molecule has 1 unspecified atom stereocenters. The monoisotopic (exact) mass is 1100 g/mol. The standard InChI is InChI=1S/C53H84O24/c1-48(2)14-15-53(69)22(16-48)21-8-9-27-50(5)12-11-29(49(3,4)26(50)10-13-51(27,6)52(21,7)17-28(53)57)73-47-42(77-45-37(65)34(62)31(59)24(19-55)71-45)39(38(66)40(75-47)43(67)68)74-46-41(35(63)32(60)25(20-56)72-46)76-44-36(64)33(61)30(58)23(18-54)70-44/h8,22-27,29-42,44-47,54-56,58-66,69H,9-20H2,1-7H3,(H,67,68)/t22-,23+,24-,25+,26?,27+,29-,30+,31+,32-,33-,34+,35-,36+,37-,38-,39-,40-,41+,42+,44-,45+,46-,47+,50-,51+,52+,53+/m0/s1. The van der Waals surface area contributed by atoms with E-state index in [1.54, 1.807) is 0 Å². The maximum Gasteiger partial charge on any atom is 0.335 e. The molecule has 4 aliphatic heterocycles. The van der Waals surface area contributed by atoms with Crippen LogP contribution in [-0.2, 0) is 47.5 Å². The molecular weight excluding hydrogens is 1020 g/mol. The fraction of sp³-hybridized carbons (Fsp3) is 0.925. The Morgan fingerprint density at radius 1 is 0.584 bits per heavy atom. The van der Waals surface area contributed by atoms with E-state index < -0.39 is 171 Å². The number of allylic oxidation sites excluding steroid dienone is 1. The number of rotatable bonds is 12. The highest BCUT2D eigenvalue weighted by Crippen LogP contribution is 2.74. The van der Waals surface area contributed by atoms with Crippen molar-refractivity contribution in [1.29, 1.82) is 0 Å². The number of carboxylic acid groups (broad SMARTS) is 1. The molecule has 0 radical (unpaired) electrons. The van der Waals surface area contributed by atoms with Gasteiger partial charge in [-0.3, -0.25) is 4.79 Å². The summed E-state index contributed by atoms with van der Waals surface area (Å²) in [5, 5.41) is 152. The molecule has 5 aliphatic carbocycles. The number of hydrogen-bond acceptors (Lipinski definition) is 23. The van der Waals surface area contributed by atoms with E-state index in [4.69, 9.17) is 37.9 Å². The topological polar surface area (TPSA) is 391 Å². The lowest BCUT2D eigenvalue weighted by atomic mass is 9.34. The average Bonchev–Trinajstić information content (AvgIpc) is 3.51. The molecule has 28 atom stereocenters. The quantitative estimate of drug-likeness (QED) is 0.0707. The number of aliphatic carboxylic acids is 1. The number of Topliss-reactive ketones (excluding diaryl/α,β-unsaturated/α-hetero) is 1. The van der Waals surface area contributed by atoms with Crippen LogP contribution in [0.25, 0.3) is 0 Å². The Labute approximate surface area is 446 Å². The largest absolute Gasteiger partial charge is 0.479 e. The van der Waals surface area contributed by atoms with Crippen LogP contribution in [0.3, 0.4) is 0 Å². The van der Waals surface area contributed by atoms with E-state index >= 15 is 0 Å². The fourth-order valence-electron chi connectivity index (χ4n) is 16.0. The normalized spacial score (nSPS) is 53.5. The van der Waals surface area contributed by atoms with Crippen LogP contribution in [0.1, 0.15) is 106 Å². The number of carbonyl (C=O) groups is 2. The highest BCUT2D eigenvalue weighted by atomic mass is 16.8. The number of hydrogen-bond donors (Lipinski definition) is 14. The van der Waals surface area contributed by atoms with E-state index in [1.165, 1.54) is 5.57 Å². The lowest BCUT2D eigenvalue weighted by Crippen LogP contribution is -2.69. The van der Waals surface area contributed by atoms with Gasteiger partial charge in [0.2, 0.25) is 0 Å². The van der Waals surface area contributed by atoms with Gasteiger partial charge in [0.15, 0.2) is 37.0 Å². The van der Waals surface area contributed by atoms with Gasteiger partial charge in [-0.1, -0.05) is 60.1 Å². The van der Waals surface area contributed by atoms with Crippen molar-refractivity contribution in [2.75, 3.05) is 19.8 Å². The molecule has 24 nitrogen and oxygen atoms in total. The van der Waals surface area contributed by atoms with Gasteiger partial charge < -0.3 is 109 Å². The molecule has 4 heterocycles. The van der Waals surface area contributed by atoms with Crippen LogP contribution in [0.5, 0.6) is 0 Å².